The first-order valence-electron chi connectivity index (χ1n) is 3.62. The fraction of sp³-hybridized carbons (Fsp3) is 0.111. The van der Waals surface area contributed by atoms with Gasteiger partial charge in [0, 0.05) is 24.0 Å². The van der Waals surface area contributed by atoms with E-state index in [4.69, 9.17) is 5.11 Å². The summed E-state index contributed by atoms with van der Waals surface area (Å²) in [7, 11) is 0. The van der Waals surface area contributed by atoms with E-state index in [0.717, 1.165) is 0 Å². The van der Waals surface area contributed by atoms with Crippen LogP contribution in [0.2, 0.25) is 0 Å². The van der Waals surface area contributed by atoms with Crippen molar-refractivity contribution in [3.63, 3.8) is 0 Å². The van der Waals surface area contributed by atoms with Gasteiger partial charge in [-0.2, -0.15) is 0 Å². The summed E-state index contributed by atoms with van der Waals surface area (Å²) in [6.07, 6.45) is 0. The van der Waals surface area contributed by atoms with Crippen molar-refractivity contribution in [2.75, 3.05) is 0 Å². The maximum absolute atomic E-state index is 10.6. The number of carboxylic acid groups (broad SMARTS) is 1. The summed E-state index contributed by atoms with van der Waals surface area (Å²) in [6.45, 7) is 1.22. The predicted octanol–water partition coefficient (Wildman–Crippen LogP) is 1.31. The first-order valence-corrected chi connectivity index (χ1v) is 3.62. The average Bonchev–Trinajstić information content (AvgIpc) is 2.03. The molecule has 14 heavy (non-hydrogen) atoms. The molecule has 0 bridgehead atoms. The molecule has 0 fully saturated rings. The first kappa shape index (κ1) is 12.7. The van der Waals surface area contributed by atoms with E-state index in [0.29, 0.717) is 0 Å². The van der Waals surface area contributed by atoms with Crippen LogP contribution in [-0.2, 0) is 21.9 Å². The smallest absolute Gasteiger partial charge is 0.339 e. The summed E-state index contributed by atoms with van der Waals surface area (Å²) >= 11 is 0. The molecule has 0 spiro atoms. The zero-order chi connectivity index (χ0) is 9.84. The molecule has 0 unspecified atom stereocenters. The van der Waals surface area contributed by atoms with Crippen molar-refractivity contribution >= 4 is 11.9 Å². The zero-order valence-electron chi connectivity index (χ0n) is 7.33. The third-order valence-electron chi connectivity index (χ3n) is 1.37. The summed E-state index contributed by atoms with van der Waals surface area (Å²) in [6, 6.07) is 5.98. The van der Waals surface area contributed by atoms with Gasteiger partial charge in [-0.25, -0.2) is 4.79 Å². The molecule has 76 valence electrons. The third-order valence-corrected chi connectivity index (χ3v) is 1.37. The summed E-state index contributed by atoms with van der Waals surface area (Å²) in [5.74, 6) is -1.58. The SMILES string of the molecule is CC(=O)Oc1ccccc1C(=O)O.[Fe]. The topological polar surface area (TPSA) is 63.6 Å². The number of aromatic carboxylic acids is 1. The van der Waals surface area contributed by atoms with Gasteiger partial charge in [0.1, 0.15) is 11.3 Å². The molecule has 0 heterocycles. The molecule has 1 aromatic rings. The van der Waals surface area contributed by atoms with E-state index in [2.05, 4.69) is 4.74 Å². The minimum absolute atomic E-state index is 0. The molecule has 5 heteroatoms. The van der Waals surface area contributed by atoms with Crippen LogP contribution in [0.25, 0.3) is 0 Å². The number of ether oxygens (including phenoxy) is 1. The van der Waals surface area contributed by atoms with Gasteiger partial charge in [-0.3, -0.25) is 4.79 Å². The largest absolute Gasteiger partial charge is 0.478 e. The van der Waals surface area contributed by atoms with Crippen molar-refractivity contribution < 1.29 is 36.5 Å². The molecule has 0 aromatic heterocycles. The minimum atomic E-state index is -1.11. The van der Waals surface area contributed by atoms with Gasteiger partial charge >= 0.3 is 11.9 Å². The van der Waals surface area contributed by atoms with Crippen molar-refractivity contribution in [1.29, 1.82) is 0 Å². The summed E-state index contributed by atoms with van der Waals surface area (Å²) in [5, 5.41) is 8.69. The van der Waals surface area contributed by atoms with Crippen LogP contribution in [0.1, 0.15) is 17.3 Å². The molecule has 0 amide bonds. The fourth-order valence-electron chi connectivity index (χ4n) is 0.887. The van der Waals surface area contributed by atoms with Gasteiger partial charge in [-0.1, -0.05) is 12.1 Å². The number of carbonyl (C=O) groups is 2. The van der Waals surface area contributed by atoms with E-state index < -0.39 is 11.9 Å². The third kappa shape index (κ3) is 3.20. The molecule has 0 aliphatic carbocycles. The van der Waals surface area contributed by atoms with Gasteiger partial charge in [0.25, 0.3) is 0 Å². The normalized spacial score (nSPS) is 8.64. The molecule has 0 radical (unpaired) electrons. The number of carboxylic acids is 1. The Morgan fingerprint density at radius 1 is 1.29 bits per heavy atom. The van der Waals surface area contributed by atoms with Crippen LogP contribution in [0, 0.1) is 0 Å². The van der Waals surface area contributed by atoms with Gasteiger partial charge in [0.15, 0.2) is 0 Å². The van der Waals surface area contributed by atoms with Crippen LogP contribution >= 0.6 is 0 Å². The van der Waals surface area contributed by atoms with Gasteiger partial charge in [-0.15, -0.1) is 0 Å². The van der Waals surface area contributed by atoms with E-state index in [1.54, 1.807) is 12.1 Å². The van der Waals surface area contributed by atoms with Gasteiger partial charge in [0.05, 0.1) is 0 Å². The molecule has 0 aliphatic rings. The van der Waals surface area contributed by atoms with Crippen LogP contribution in [0.4, 0.5) is 0 Å². The Labute approximate surface area is 91.4 Å². The van der Waals surface area contributed by atoms with Crippen LogP contribution in [0.15, 0.2) is 24.3 Å². The van der Waals surface area contributed by atoms with Crippen molar-refractivity contribution in [3.8, 4) is 5.75 Å². The number of benzene rings is 1. The van der Waals surface area contributed by atoms with Crippen molar-refractivity contribution in [2.24, 2.45) is 0 Å². The van der Waals surface area contributed by atoms with Gasteiger partial charge in [-0.05, 0) is 12.1 Å². The van der Waals surface area contributed by atoms with E-state index in [-0.39, 0.29) is 28.4 Å². The number of para-hydroxylation sites is 1. The van der Waals surface area contributed by atoms with Crippen LogP contribution < -0.4 is 4.74 Å². The summed E-state index contributed by atoms with van der Waals surface area (Å²) < 4.78 is 4.69. The van der Waals surface area contributed by atoms with E-state index in [1.807, 2.05) is 0 Å². The number of hydrogen-bond donors (Lipinski definition) is 1. The second kappa shape index (κ2) is 5.42. The summed E-state index contributed by atoms with van der Waals surface area (Å²) in [4.78, 5) is 21.2. The average molecular weight is 236 g/mol. The van der Waals surface area contributed by atoms with Crippen LogP contribution in [0.3, 0.4) is 0 Å². The standard InChI is InChI=1S/C9H8O4.Fe/c1-6(10)13-8-5-3-2-4-7(8)9(11)12;/h2-5H,1H3,(H,11,12);. The number of carbonyl (C=O) groups excluding carboxylic acids is 1. The molecule has 0 atom stereocenters. The predicted molar refractivity (Wildman–Crippen MR) is 44.7 cm³/mol. The first-order chi connectivity index (χ1) is 6.11. The molecular formula is C9H8FeO4. The maximum Gasteiger partial charge on any atom is 0.339 e. The molecule has 1 aromatic carbocycles. The fourth-order valence-corrected chi connectivity index (χ4v) is 0.887. The van der Waals surface area contributed by atoms with Crippen molar-refractivity contribution in [1.82, 2.24) is 0 Å². The zero-order valence-corrected chi connectivity index (χ0v) is 8.44. The molecule has 1 rings (SSSR count). The number of esters is 1. The van der Waals surface area contributed by atoms with Gasteiger partial charge in [0.2, 0.25) is 0 Å². The molecule has 0 saturated carbocycles. The monoisotopic (exact) mass is 236 g/mol. The second-order valence-corrected chi connectivity index (χ2v) is 2.39. The Hall–Kier alpha value is -1.32. The summed E-state index contributed by atoms with van der Waals surface area (Å²) in [5.41, 5.74) is -0.0160. The number of rotatable bonds is 2. The molecule has 4 nitrogen and oxygen atoms in total. The molecule has 1 N–H and O–H groups in total. The van der Waals surface area contributed by atoms with Crippen LogP contribution in [-0.4, -0.2) is 17.0 Å². The Bertz CT molecular complexity index is 348. The maximum atomic E-state index is 10.6. The molecule has 0 aliphatic heterocycles. The molecular weight excluding hydrogens is 228 g/mol. The van der Waals surface area contributed by atoms with E-state index in [9.17, 15) is 9.59 Å². The van der Waals surface area contributed by atoms with Crippen molar-refractivity contribution in [3.05, 3.63) is 29.8 Å². The van der Waals surface area contributed by atoms with Gasteiger partial charge < -0.3 is 9.84 Å². The quantitative estimate of drug-likeness (QED) is 0.477. The Morgan fingerprint density at radius 3 is 2.36 bits per heavy atom. The Morgan fingerprint density at radius 2 is 1.86 bits per heavy atom. The Balaban J connectivity index is 0.00000169. The van der Waals surface area contributed by atoms with Crippen molar-refractivity contribution in [2.45, 2.75) is 6.92 Å². The second-order valence-electron chi connectivity index (χ2n) is 2.39. The van der Waals surface area contributed by atoms with Crippen LogP contribution in [0.5, 0.6) is 5.75 Å². The minimum Gasteiger partial charge on any atom is -0.478 e. The van der Waals surface area contributed by atoms with E-state index in [1.165, 1.54) is 19.1 Å². The Kier molecular flexibility index (Phi) is 4.91. The number of hydrogen-bond acceptors (Lipinski definition) is 3. The molecule has 0 saturated heterocycles. The van der Waals surface area contributed by atoms with E-state index >= 15 is 0 Å².